The van der Waals surface area contributed by atoms with Crippen LogP contribution in [0.4, 0.5) is 0 Å². The van der Waals surface area contributed by atoms with Crippen molar-refractivity contribution in [3.8, 4) is 0 Å². The van der Waals surface area contributed by atoms with Crippen molar-refractivity contribution in [1.29, 1.82) is 0 Å². The van der Waals surface area contributed by atoms with Gasteiger partial charge in [0, 0.05) is 25.7 Å². The van der Waals surface area contributed by atoms with E-state index in [0.29, 0.717) is 31.6 Å². The highest BCUT2D eigenvalue weighted by atomic mass is 31.2. The molecule has 0 amide bonds. The molecule has 3 N–H and O–H groups in total. The standard InChI is InChI=1S/C75H146O17P2/c1-7-9-11-13-15-17-19-21-27-31-34-38-45-51-57-72(77)85-63-70(91-75(80)60-54-48-40-36-32-28-25-23-22-24-26-29-33-37-43-49-55-67(3)4)65-89-93(81,82)87-61-69(76)62-88-94(83,84)90-66-71(64-86-73(78)58-52-46-42-41-44-50-56-68(5)6)92-74(79)59-53-47-39-35-30-20-18-16-14-12-10-8-2/h67-71,76H,7-66H2,1-6H3,(H,81,82)(H,83,84)/t69-,70-,71-/m1/s1. The van der Waals surface area contributed by atoms with Gasteiger partial charge in [-0.1, -0.05) is 337 Å². The molecule has 19 heteroatoms. The zero-order valence-electron chi connectivity index (χ0n) is 61.3. The molecule has 558 valence electrons. The Hall–Kier alpha value is -1.94. The van der Waals surface area contributed by atoms with Crippen molar-refractivity contribution in [3.63, 3.8) is 0 Å². The van der Waals surface area contributed by atoms with E-state index in [9.17, 15) is 43.2 Å². The Bertz CT molecular complexity index is 1820. The van der Waals surface area contributed by atoms with E-state index in [4.69, 9.17) is 37.0 Å². The van der Waals surface area contributed by atoms with E-state index in [1.54, 1.807) is 0 Å². The van der Waals surface area contributed by atoms with Crippen LogP contribution >= 0.6 is 15.6 Å². The number of rotatable bonds is 74. The molecule has 5 atom stereocenters. The van der Waals surface area contributed by atoms with Gasteiger partial charge in [0.2, 0.25) is 0 Å². The number of hydrogen-bond donors (Lipinski definition) is 3. The smallest absolute Gasteiger partial charge is 0.462 e. The van der Waals surface area contributed by atoms with Gasteiger partial charge >= 0.3 is 39.5 Å². The van der Waals surface area contributed by atoms with Gasteiger partial charge in [0.1, 0.15) is 19.3 Å². The number of carbonyl (C=O) groups is 4. The molecule has 0 saturated carbocycles. The summed E-state index contributed by atoms with van der Waals surface area (Å²) >= 11 is 0. The lowest BCUT2D eigenvalue weighted by molar-refractivity contribution is -0.161. The molecule has 0 aliphatic rings. The molecule has 0 spiro atoms. The average Bonchev–Trinajstić information content (AvgIpc) is 1.45. The number of carbonyl (C=O) groups excluding carboxylic acids is 4. The third-order valence-electron chi connectivity index (χ3n) is 17.5. The number of esters is 4. The minimum Gasteiger partial charge on any atom is -0.462 e. The van der Waals surface area contributed by atoms with E-state index in [2.05, 4.69) is 41.5 Å². The third kappa shape index (κ3) is 68.6. The summed E-state index contributed by atoms with van der Waals surface area (Å²) < 4.78 is 68.4. The summed E-state index contributed by atoms with van der Waals surface area (Å²) in [6.07, 6.45) is 54.2. The second-order valence-corrected chi connectivity index (χ2v) is 30.9. The predicted molar refractivity (Wildman–Crippen MR) is 381 cm³/mol. The van der Waals surface area contributed by atoms with Gasteiger partial charge in [-0.05, 0) is 37.5 Å². The molecule has 0 aromatic heterocycles. The van der Waals surface area contributed by atoms with Crippen molar-refractivity contribution < 1.29 is 80.2 Å². The van der Waals surface area contributed by atoms with Crippen LogP contribution in [0.15, 0.2) is 0 Å². The number of aliphatic hydroxyl groups is 1. The zero-order chi connectivity index (χ0) is 69.3. The number of phosphoric ester groups is 2. The van der Waals surface area contributed by atoms with E-state index in [0.717, 1.165) is 102 Å². The van der Waals surface area contributed by atoms with Crippen LogP contribution < -0.4 is 0 Å². The zero-order valence-corrected chi connectivity index (χ0v) is 63.1. The Morgan fingerprint density at radius 2 is 0.489 bits per heavy atom. The molecule has 0 bridgehead atoms. The molecule has 0 radical (unpaired) electrons. The largest absolute Gasteiger partial charge is 0.472 e. The van der Waals surface area contributed by atoms with Crippen molar-refractivity contribution in [2.75, 3.05) is 39.6 Å². The number of phosphoric acid groups is 2. The van der Waals surface area contributed by atoms with E-state index in [-0.39, 0.29) is 25.7 Å². The SMILES string of the molecule is CCCCCCCCCCCCCCCCC(=O)OC[C@H](COP(=O)(O)OC[C@@H](O)COP(=O)(O)OC[C@@H](COC(=O)CCCCCCCCC(C)C)OC(=O)CCCCCCCCCCCCCC)OC(=O)CCCCCCCCCCCCCCCCCCC(C)C. The van der Waals surface area contributed by atoms with Gasteiger partial charge in [-0.3, -0.25) is 37.3 Å². The maximum absolute atomic E-state index is 13.1. The van der Waals surface area contributed by atoms with Crippen LogP contribution in [0.1, 0.15) is 388 Å². The molecule has 0 heterocycles. The monoisotopic (exact) mass is 1380 g/mol. The quantitative estimate of drug-likeness (QED) is 0.0222. The Kier molecular flexibility index (Phi) is 65.5. The van der Waals surface area contributed by atoms with Gasteiger partial charge in [-0.15, -0.1) is 0 Å². The third-order valence-corrected chi connectivity index (χ3v) is 19.4. The van der Waals surface area contributed by atoms with Crippen LogP contribution in [0.3, 0.4) is 0 Å². The van der Waals surface area contributed by atoms with Crippen LogP contribution in [-0.4, -0.2) is 96.7 Å². The van der Waals surface area contributed by atoms with Gasteiger partial charge in [0.25, 0.3) is 0 Å². The van der Waals surface area contributed by atoms with Gasteiger partial charge in [-0.25, -0.2) is 9.13 Å². The summed E-state index contributed by atoms with van der Waals surface area (Å²) in [7, 11) is -9.91. The van der Waals surface area contributed by atoms with Gasteiger partial charge in [0.05, 0.1) is 26.4 Å². The Balaban J connectivity index is 5.22. The van der Waals surface area contributed by atoms with Crippen LogP contribution in [0, 0.1) is 11.8 Å². The van der Waals surface area contributed by atoms with Crippen molar-refractivity contribution in [1.82, 2.24) is 0 Å². The molecule has 0 saturated heterocycles. The minimum absolute atomic E-state index is 0.106. The lowest BCUT2D eigenvalue weighted by Gasteiger charge is -2.21. The molecule has 0 rings (SSSR count). The Morgan fingerprint density at radius 1 is 0.287 bits per heavy atom. The highest BCUT2D eigenvalue weighted by Gasteiger charge is 2.30. The molecule has 0 aromatic rings. The molecule has 0 aliphatic carbocycles. The normalized spacial score (nSPS) is 14.0. The van der Waals surface area contributed by atoms with Crippen molar-refractivity contribution in [2.24, 2.45) is 11.8 Å². The van der Waals surface area contributed by atoms with Crippen molar-refractivity contribution in [3.05, 3.63) is 0 Å². The first-order valence-corrected chi connectivity index (χ1v) is 42.0. The van der Waals surface area contributed by atoms with Crippen molar-refractivity contribution in [2.45, 2.75) is 407 Å². The van der Waals surface area contributed by atoms with E-state index in [1.165, 1.54) is 199 Å². The van der Waals surface area contributed by atoms with Crippen LogP contribution in [0.5, 0.6) is 0 Å². The van der Waals surface area contributed by atoms with E-state index < -0.39 is 97.5 Å². The average molecular weight is 1380 g/mol. The highest BCUT2D eigenvalue weighted by molar-refractivity contribution is 7.47. The molecule has 17 nitrogen and oxygen atoms in total. The maximum atomic E-state index is 13.1. The number of ether oxygens (including phenoxy) is 4. The summed E-state index contributed by atoms with van der Waals surface area (Å²) in [5, 5.41) is 10.6. The van der Waals surface area contributed by atoms with Gasteiger partial charge in [0.15, 0.2) is 12.2 Å². The summed E-state index contributed by atoms with van der Waals surface area (Å²) in [6, 6.07) is 0. The lowest BCUT2D eigenvalue weighted by atomic mass is 10.0. The fourth-order valence-corrected chi connectivity index (χ4v) is 13.1. The first-order chi connectivity index (χ1) is 45.4. The second-order valence-electron chi connectivity index (χ2n) is 28.0. The fraction of sp³-hybridized carbons (Fsp3) is 0.947. The Labute approximate surface area is 575 Å². The van der Waals surface area contributed by atoms with E-state index in [1.807, 2.05) is 0 Å². The second kappa shape index (κ2) is 66.9. The Morgan fingerprint density at radius 3 is 0.723 bits per heavy atom. The summed E-state index contributed by atoms with van der Waals surface area (Å²) in [6.45, 7) is 9.54. The topological polar surface area (TPSA) is 237 Å². The molecule has 94 heavy (non-hydrogen) atoms. The fourth-order valence-electron chi connectivity index (χ4n) is 11.5. The first kappa shape index (κ1) is 92.1. The number of aliphatic hydroxyl groups excluding tert-OH is 1. The van der Waals surface area contributed by atoms with Gasteiger partial charge < -0.3 is 33.8 Å². The van der Waals surface area contributed by atoms with Crippen LogP contribution in [0.25, 0.3) is 0 Å². The van der Waals surface area contributed by atoms with Crippen molar-refractivity contribution >= 4 is 39.5 Å². The molecular formula is C75H146O17P2. The molecular weight excluding hydrogens is 1230 g/mol. The summed E-state index contributed by atoms with van der Waals surface area (Å²) in [5.74, 6) is -0.628. The summed E-state index contributed by atoms with van der Waals surface area (Å²) in [4.78, 5) is 72.7. The lowest BCUT2D eigenvalue weighted by Crippen LogP contribution is -2.30. The first-order valence-electron chi connectivity index (χ1n) is 39.0. The van der Waals surface area contributed by atoms with Crippen LogP contribution in [0.2, 0.25) is 0 Å². The maximum Gasteiger partial charge on any atom is 0.472 e. The number of hydrogen-bond acceptors (Lipinski definition) is 15. The van der Waals surface area contributed by atoms with E-state index >= 15 is 0 Å². The number of unbranched alkanes of at least 4 members (excludes halogenated alkanes) is 44. The molecule has 2 unspecified atom stereocenters. The minimum atomic E-state index is -4.96. The summed E-state index contributed by atoms with van der Waals surface area (Å²) in [5.41, 5.74) is 0. The van der Waals surface area contributed by atoms with Gasteiger partial charge in [-0.2, -0.15) is 0 Å². The van der Waals surface area contributed by atoms with Crippen LogP contribution in [-0.2, 0) is 65.4 Å². The molecule has 0 aromatic carbocycles. The molecule has 0 aliphatic heterocycles. The predicted octanol–water partition coefficient (Wildman–Crippen LogP) is 21.9. The highest BCUT2D eigenvalue weighted by Crippen LogP contribution is 2.45. The molecule has 0 fully saturated rings.